The van der Waals surface area contributed by atoms with Gasteiger partial charge in [-0.15, -0.1) is 0 Å². The van der Waals surface area contributed by atoms with Crippen molar-refractivity contribution in [2.45, 2.75) is 6.92 Å². The van der Waals surface area contributed by atoms with Crippen LogP contribution in [0.3, 0.4) is 0 Å². The number of rotatable bonds is 6. The molecule has 8 nitrogen and oxygen atoms in total. The van der Waals surface area contributed by atoms with Crippen LogP contribution in [0.1, 0.15) is 6.92 Å². The molecule has 1 aromatic rings. The molecule has 0 bridgehead atoms. The van der Waals surface area contributed by atoms with Crippen molar-refractivity contribution in [3.63, 3.8) is 0 Å². The number of phenols is 1. The molecule has 5 N–H and O–H groups in total. The number of carbonyl (C=O) groups excluding carboxylic acids is 2. The molecule has 0 aliphatic heterocycles. The Morgan fingerprint density at radius 3 is 2.57 bits per heavy atom. The summed E-state index contributed by atoms with van der Waals surface area (Å²) in [6.07, 6.45) is 0. The molecule has 21 heavy (non-hydrogen) atoms. The zero-order valence-corrected chi connectivity index (χ0v) is 11.6. The summed E-state index contributed by atoms with van der Waals surface area (Å²) in [5, 5.41) is 23.6. The normalized spacial score (nSPS) is 9.76. The minimum Gasteiger partial charge on any atom is -0.508 e. The predicted octanol–water partition coefficient (Wildman–Crippen LogP) is 0.644. The minimum absolute atomic E-state index is 0.0158. The van der Waals surface area contributed by atoms with Gasteiger partial charge in [-0.2, -0.15) is 0 Å². The van der Waals surface area contributed by atoms with E-state index in [4.69, 9.17) is 15.3 Å². The Labute approximate surface area is 122 Å². The fraction of sp³-hybridized carbons (Fsp3) is 0.308. The van der Waals surface area contributed by atoms with Gasteiger partial charge < -0.3 is 25.8 Å². The minimum atomic E-state index is -0.563. The summed E-state index contributed by atoms with van der Waals surface area (Å²) in [6.45, 7) is 1.98. The van der Waals surface area contributed by atoms with Crippen molar-refractivity contribution in [1.82, 2.24) is 10.6 Å². The number of aromatic hydroxyl groups is 1. The lowest BCUT2D eigenvalue weighted by Crippen LogP contribution is -2.42. The van der Waals surface area contributed by atoms with Gasteiger partial charge in [0.25, 0.3) is 0 Å². The molecule has 114 valence electrons. The first-order valence-electron chi connectivity index (χ1n) is 6.30. The maximum atomic E-state index is 11.5. The zero-order valence-electron chi connectivity index (χ0n) is 11.6. The van der Waals surface area contributed by atoms with Gasteiger partial charge in [-0.05, 0) is 31.2 Å². The molecule has 0 saturated heterocycles. The molecule has 0 atom stereocenters. The number of ether oxygens (including phenoxy) is 1. The van der Waals surface area contributed by atoms with Crippen molar-refractivity contribution in [1.29, 1.82) is 5.41 Å². The van der Waals surface area contributed by atoms with Crippen molar-refractivity contribution in [2.75, 3.05) is 25.1 Å². The Morgan fingerprint density at radius 2 is 1.95 bits per heavy atom. The summed E-state index contributed by atoms with van der Waals surface area (Å²) in [5.41, 5.74) is 0.481. The summed E-state index contributed by atoms with van der Waals surface area (Å²) in [5.74, 6) is -0.490. The van der Waals surface area contributed by atoms with Gasteiger partial charge >= 0.3 is 6.03 Å². The Morgan fingerprint density at radius 1 is 1.29 bits per heavy atom. The van der Waals surface area contributed by atoms with E-state index >= 15 is 0 Å². The first kappa shape index (κ1) is 16.4. The SMILES string of the molecule is CCOCC(=N)NC(=O)CNC(=O)Nc1ccc(O)cc1. The van der Waals surface area contributed by atoms with Gasteiger partial charge in [0.2, 0.25) is 5.91 Å². The van der Waals surface area contributed by atoms with Crippen LogP contribution in [0.25, 0.3) is 0 Å². The number of amidine groups is 1. The molecule has 1 rings (SSSR count). The number of phenolic OH excluding ortho intramolecular Hbond substituents is 1. The molecule has 0 aliphatic carbocycles. The molecule has 0 fully saturated rings. The average Bonchev–Trinajstić information content (AvgIpc) is 2.45. The molecule has 0 radical (unpaired) electrons. The number of nitrogens with one attached hydrogen (secondary N) is 4. The highest BCUT2D eigenvalue weighted by atomic mass is 16.5. The Kier molecular flexibility index (Phi) is 6.69. The fourth-order valence-corrected chi connectivity index (χ4v) is 1.33. The average molecular weight is 294 g/mol. The quantitative estimate of drug-likeness (QED) is 0.300. The number of amides is 3. The first-order valence-corrected chi connectivity index (χ1v) is 6.30. The Balaban J connectivity index is 2.27. The van der Waals surface area contributed by atoms with Crippen molar-refractivity contribution in [3.8, 4) is 5.75 Å². The van der Waals surface area contributed by atoms with Crippen LogP contribution >= 0.6 is 0 Å². The van der Waals surface area contributed by atoms with Crippen LogP contribution in [0.2, 0.25) is 0 Å². The lowest BCUT2D eigenvalue weighted by Gasteiger charge is -2.09. The second kappa shape index (κ2) is 8.54. The maximum Gasteiger partial charge on any atom is 0.319 e. The Bertz CT molecular complexity index is 501. The third-order valence-electron chi connectivity index (χ3n) is 2.28. The molecule has 0 unspecified atom stereocenters. The monoisotopic (exact) mass is 294 g/mol. The fourth-order valence-electron chi connectivity index (χ4n) is 1.33. The summed E-state index contributed by atoms with van der Waals surface area (Å²) in [7, 11) is 0. The molecule has 0 spiro atoms. The second-order valence-corrected chi connectivity index (χ2v) is 4.02. The third kappa shape index (κ3) is 6.92. The highest BCUT2D eigenvalue weighted by Gasteiger charge is 2.07. The molecule has 0 aromatic heterocycles. The lowest BCUT2D eigenvalue weighted by molar-refractivity contribution is -0.118. The third-order valence-corrected chi connectivity index (χ3v) is 2.28. The lowest BCUT2D eigenvalue weighted by atomic mass is 10.3. The van der Waals surface area contributed by atoms with Crippen LogP contribution in [0.5, 0.6) is 5.75 Å². The maximum absolute atomic E-state index is 11.5. The molecule has 8 heteroatoms. The van der Waals surface area contributed by atoms with Gasteiger partial charge in [-0.1, -0.05) is 0 Å². The van der Waals surface area contributed by atoms with E-state index < -0.39 is 11.9 Å². The van der Waals surface area contributed by atoms with E-state index in [1.165, 1.54) is 24.3 Å². The van der Waals surface area contributed by atoms with E-state index in [1.807, 2.05) is 0 Å². The first-order chi connectivity index (χ1) is 10.0. The molecule has 0 aliphatic rings. The van der Waals surface area contributed by atoms with Crippen LogP contribution in [-0.4, -0.2) is 42.6 Å². The van der Waals surface area contributed by atoms with Crippen LogP contribution < -0.4 is 16.0 Å². The second-order valence-electron chi connectivity index (χ2n) is 4.02. The van der Waals surface area contributed by atoms with E-state index in [0.29, 0.717) is 12.3 Å². The van der Waals surface area contributed by atoms with Crippen LogP contribution in [-0.2, 0) is 9.53 Å². The van der Waals surface area contributed by atoms with Crippen LogP contribution in [0.15, 0.2) is 24.3 Å². The van der Waals surface area contributed by atoms with Crippen LogP contribution in [0.4, 0.5) is 10.5 Å². The van der Waals surface area contributed by atoms with Crippen LogP contribution in [0, 0.1) is 5.41 Å². The van der Waals surface area contributed by atoms with Gasteiger partial charge in [0.1, 0.15) is 18.2 Å². The number of hydrogen-bond donors (Lipinski definition) is 5. The number of hydrogen-bond acceptors (Lipinski definition) is 5. The number of benzene rings is 1. The smallest absolute Gasteiger partial charge is 0.319 e. The van der Waals surface area contributed by atoms with Gasteiger partial charge in [0.05, 0.1) is 6.54 Å². The summed E-state index contributed by atoms with van der Waals surface area (Å²) < 4.78 is 4.95. The molecule has 1 aromatic carbocycles. The van der Waals surface area contributed by atoms with E-state index in [1.54, 1.807) is 6.92 Å². The predicted molar refractivity (Wildman–Crippen MR) is 77.5 cm³/mol. The molecule has 3 amide bonds. The summed E-state index contributed by atoms with van der Waals surface area (Å²) >= 11 is 0. The van der Waals surface area contributed by atoms with E-state index in [-0.39, 0.29) is 24.7 Å². The van der Waals surface area contributed by atoms with E-state index in [9.17, 15) is 9.59 Å². The van der Waals surface area contributed by atoms with Gasteiger partial charge in [-0.25, -0.2) is 4.79 Å². The van der Waals surface area contributed by atoms with Gasteiger partial charge in [-0.3, -0.25) is 10.2 Å². The molecular weight excluding hydrogens is 276 g/mol. The molecular formula is C13H18N4O4. The van der Waals surface area contributed by atoms with Crippen molar-refractivity contribution < 1.29 is 19.4 Å². The van der Waals surface area contributed by atoms with Gasteiger partial charge in [0, 0.05) is 12.3 Å². The van der Waals surface area contributed by atoms with Crippen molar-refractivity contribution in [2.24, 2.45) is 0 Å². The highest BCUT2D eigenvalue weighted by Crippen LogP contribution is 2.13. The Hall–Kier alpha value is -2.61. The van der Waals surface area contributed by atoms with E-state index in [2.05, 4.69) is 16.0 Å². The molecule has 0 heterocycles. The number of anilines is 1. The molecule has 0 saturated carbocycles. The van der Waals surface area contributed by atoms with Crippen molar-refractivity contribution in [3.05, 3.63) is 24.3 Å². The zero-order chi connectivity index (χ0) is 15.7. The number of urea groups is 1. The van der Waals surface area contributed by atoms with Gasteiger partial charge in [0.15, 0.2) is 0 Å². The largest absolute Gasteiger partial charge is 0.508 e. The topological polar surface area (TPSA) is 124 Å². The highest BCUT2D eigenvalue weighted by molar-refractivity contribution is 6.00. The van der Waals surface area contributed by atoms with Crippen molar-refractivity contribution >= 4 is 23.5 Å². The summed E-state index contributed by atoms with van der Waals surface area (Å²) in [6, 6.07) is 5.33. The summed E-state index contributed by atoms with van der Waals surface area (Å²) in [4.78, 5) is 23.0. The standard InChI is InChI=1S/C13H18N4O4/c1-2-21-8-11(14)17-12(19)7-15-13(20)16-9-3-5-10(18)6-4-9/h3-6,18H,2,7-8H2,1H3,(H2,14,17,19)(H2,15,16,20). The number of carbonyl (C=O) groups is 2. The van der Waals surface area contributed by atoms with E-state index in [0.717, 1.165) is 0 Å².